The van der Waals surface area contributed by atoms with E-state index in [9.17, 15) is 17.6 Å². The normalized spacial score (nSPS) is 15.6. The van der Waals surface area contributed by atoms with Gasteiger partial charge in [0.2, 0.25) is 10.0 Å². The molecule has 0 heterocycles. The van der Waals surface area contributed by atoms with E-state index < -0.39 is 33.3 Å². The highest BCUT2D eigenvalue weighted by Crippen LogP contribution is 2.32. The molecule has 0 aromatic heterocycles. The van der Waals surface area contributed by atoms with Crippen LogP contribution in [0.1, 0.15) is 12.8 Å². The number of carboxylic acids is 1. The summed E-state index contributed by atoms with van der Waals surface area (Å²) in [5.41, 5.74) is 0. The predicted molar refractivity (Wildman–Crippen MR) is 70.5 cm³/mol. The molecule has 2 rings (SSSR count). The average molecular weight is 322 g/mol. The van der Waals surface area contributed by atoms with Gasteiger partial charge >= 0.3 is 5.97 Å². The fourth-order valence-corrected chi connectivity index (χ4v) is 3.59. The maximum Gasteiger partial charge on any atom is 0.318 e. The molecule has 0 saturated heterocycles. The molecule has 1 fully saturated rings. The fourth-order valence-electron chi connectivity index (χ4n) is 1.81. The Morgan fingerprint density at radius 3 is 2.65 bits per heavy atom. The Morgan fingerprint density at radius 1 is 1.45 bits per heavy atom. The Bertz CT molecular complexity index is 630. The average Bonchev–Trinajstić information content (AvgIpc) is 3.15. The molecule has 0 radical (unpaired) electrons. The van der Waals surface area contributed by atoms with Gasteiger partial charge in [-0.2, -0.15) is 4.31 Å². The maximum atomic E-state index is 13.9. The number of benzene rings is 1. The molecule has 1 aromatic rings. The van der Waals surface area contributed by atoms with Gasteiger partial charge in [-0.25, -0.2) is 12.8 Å². The van der Waals surface area contributed by atoms with Crippen molar-refractivity contribution in [3.63, 3.8) is 0 Å². The lowest BCUT2D eigenvalue weighted by Gasteiger charge is -2.20. The molecule has 1 N–H and O–H groups in total. The smallest absolute Gasteiger partial charge is 0.318 e. The third-order valence-electron chi connectivity index (χ3n) is 3.00. The SMILES string of the molecule is O=C(O)CN(CC1CC1)S(=O)(=O)c1cccc(Cl)c1F. The summed E-state index contributed by atoms with van der Waals surface area (Å²) in [4.78, 5) is 10.2. The van der Waals surface area contributed by atoms with Crippen molar-refractivity contribution < 1.29 is 22.7 Å². The summed E-state index contributed by atoms with van der Waals surface area (Å²) in [6.07, 6.45) is 1.70. The number of nitrogens with zero attached hydrogens (tertiary/aromatic N) is 1. The predicted octanol–water partition coefficient (Wildman–Crippen LogP) is 1.96. The van der Waals surface area contributed by atoms with Gasteiger partial charge in [0, 0.05) is 6.54 Å². The summed E-state index contributed by atoms with van der Waals surface area (Å²) in [7, 11) is -4.21. The quantitative estimate of drug-likeness (QED) is 0.869. The van der Waals surface area contributed by atoms with Crippen molar-refractivity contribution in [2.45, 2.75) is 17.7 Å². The van der Waals surface area contributed by atoms with E-state index in [-0.39, 0.29) is 17.5 Å². The minimum atomic E-state index is -4.21. The van der Waals surface area contributed by atoms with Gasteiger partial charge < -0.3 is 5.11 Å². The van der Waals surface area contributed by atoms with Crippen molar-refractivity contribution >= 4 is 27.6 Å². The van der Waals surface area contributed by atoms with Gasteiger partial charge in [-0.1, -0.05) is 17.7 Å². The van der Waals surface area contributed by atoms with Gasteiger partial charge in [-0.15, -0.1) is 0 Å². The minimum absolute atomic E-state index is 0.0839. The van der Waals surface area contributed by atoms with Crippen molar-refractivity contribution in [2.75, 3.05) is 13.1 Å². The zero-order valence-corrected chi connectivity index (χ0v) is 12.0. The van der Waals surface area contributed by atoms with Crippen LogP contribution in [0.2, 0.25) is 5.02 Å². The second-order valence-corrected chi connectivity index (χ2v) is 7.00. The minimum Gasteiger partial charge on any atom is -0.480 e. The molecule has 0 amide bonds. The van der Waals surface area contributed by atoms with Crippen LogP contribution < -0.4 is 0 Å². The molecular weight excluding hydrogens is 309 g/mol. The maximum absolute atomic E-state index is 13.9. The topological polar surface area (TPSA) is 74.7 Å². The molecule has 1 aliphatic rings. The lowest BCUT2D eigenvalue weighted by molar-refractivity contribution is -0.137. The van der Waals surface area contributed by atoms with E-state index >= 15 is 0 Å². The van der Waals surface area contributed by atoms with Crippen molar-refractivity contribution in [3.05, 3.63) is 29.0 Å². The Morgan fingerprint density at radius 2 is 2.10 bits per heavy atom. The second-order valence-electron chi connectivity index (χ2n) is 4.69. The van der Waals surface area contributed by atoms with Gasteiger partial charge in [0.15, 0.2) is 5.82 Å². The van der Waals surface area contributed by atoms with Gasteiger partial charge in [0.1, 0.15) is 11.4 Å². The van der Waals surface area contributed by atoms with Crippen LogP contribution in [0.25, 0.3) is 0 Å². The zero-order valence-electron chi connectivity index (χ0n) is 10.4. The molecule has 110 valence electrons. The van der Waals surface area contributed by atoms with Crippen LogP contribution in [0.15, 0.2) is 23.1 Å². The highest BCUT2D eigenvalue weighted by Gasteiger charge is 2.34. The van der Waals surface area contributed by atoms with Gasteiger partial charge in [0.25, 0.3) is 0 Å². The number of aliphatic carboxylic acids is 1. The van der Waals surface area contributed by atoms with Crippen LogP contribution in [0, 0.1) is 11.7 Å². The zero-order chi connectivity index (χ0) is 14.9. The highest BCUT2D eigenvalue weighted by atomic mass is 35.5. The number of carbonyl (C=O) groups is 1. The third-order valence-corrected chi connectivity index (χ3v) is 5.13. The summed E-state index contributed by atoms with van der Waals surface area (Å²) in [5, 5.41) is 8.51. The second kappa shape index (κ2) is 5.67. The van der Waals surface area contributed by atoms with E-state index in [0.29, 0.717) is 0 Å². The monoisotopic (exact) mass is 321 g/mol. The van der Waals surface area contributed by atoms with E-state index in [0.717, 1.165) is 23.2 Å². The first kappa shape index (κ1) is 15.2. The number of rotatable bonds is 6. The van der Waals surface area contributed by atoms with E-state index in [4.69, 9.17) is 16.7 Å². The van der Waals surface area contributed by atoms with E-state index in [1.54, 1.807) is 0 Å². The molecule has 1 aliphatic carbocycles. The summed E-state index contributed by atoms with van der Waals surface area (Å²) in [6.45, 7) is -0.606. The van der Waals surface area contributed by atoms with Crippen LogP contribution in [0.5, 0.6) is 0 Å². The molecule has 0 spiro atoms. The van der Waals surface area contributed by atoms with Crippen molar-refractivity contribution in [1.29, 1.82) is 0 Å². The third kappa shape index (κ3) is 3.28. The highest BCUT2D eigenvalue weighted by molar-refractivity contribution is 7.89. The first-order chi connectivity index (χ1) is 9.32. The molecule has 0 aliphatic heterocycles. The lowest BCUT2D eigenvalue weighted by atomic mass is 10.3. The standard InChI is InChI=1S/C12H13ClFNO4S/c13-9-2-1-3-10(12(9)14)20(18,19)15(7-11(16)17)6-8-4-5-8/h1-3,8H,4-7H2,(H,16,17). The van der Waals surface area contributed by atoms with Crippen molar-refractivity contribution in [3.8, 4) is 0 Å². The van der Waals surface area contributed by atoms with E-state index in [1.807, 2.05) is 0 Å². The van der Waals surface area contributed by atoms with Gasteiger partial charge in [0.05, 0.1) is 5.02 Å². The van der Waals surface area contributed by atoms with Crippen LogP contribution in [0.4, 0.5) is 4.39 Å². The Hall–Kier alpha value is -1.18. The Balaban J connectivity index is 2.38. The Labute approximate surface area is 121 Å². The van der Waals surface area contributed by atoms with Crippen molar-refractivity contribution in [2.24, 2.45) is 5.92 Å². The Kier molecular flexibility index (Phi) is 4.31. The number of halogens is 2. The molecular formula is C12H13ClFNO4S. The molecule has 8 heteroatoms. The first-order valence-corrected chi connectivity index (χ1v) is 7.80. The first-order valence-electron chi connectivity index (χ1n) is 5.98. The number of hydrogen-bond acceptors (Lipinski definition) is 3. The van der Waals surface area contributed by atoms with Crippen LogP contribution in [-0.2, 0) is 14.8 Å². The fraction of sp³-hybridized carbons (Fsp3) is 0.417. The molecule has 0 atom stereocenters. The number of sulfonamides is 1. The number of hydrogen-bond donors (Lipinski definition) is 1. The van der Waals surface area contributed by atoms with Crippen LogP contribution in [-0.4, -0.2) is 36.9 Å². The molecule has 20 heavy (non-hydrogen) atoms. The lowest BCUT2D eigenvalue weighted by Crippen LogP contribution is -2.37. The van der Waals surface area contributed by atoms with Gasteiger partial charge in [-0.05, 0) is 30.9 Å². The molecule has 0 unspecified atom stereocenters. The summed E-state index contributed by atoms with van der Waals surface area (Å²) in [5.74, 6) is -2.19. The van der Waals surface area contributed by atoms with Gasteiger partial charge in [-0.3, -0.25) is 4.79 Å². The summed E-state index contributed by atoms with van der Waals surface area (Å²) < 4.78 is 39.4. The molecule has 1 aromatic carbocycles. The molecule has 5 nitrogen and oxygen atoms in total. The van der Waals surface area contributed by atoms with E-state index in [2.05, 4.69) is 0 Å². The van der Waals surface area contributed by atoms with Crippen molar-refractivity contribution in [1.82, 2.24) is 4.31 Å². The van der Waals surface area contributed by atoms with E-state index in [1.165, 1.54) is 12.1 Å². The molecule has 0 bridgehead atoms. The van der Waals surface area contributed by atoms with Crippen LogP contribution >= 0.6 is 11.6 Å². The number of carboxylic acid groups (broad SMARTS) is 1. The largest absolute Gasteiger partial charge is 0.480 e. The summed E-state index contributed by atoms with van der Waals surface area (Å²) >= 11 is 5.57. The van der Waals surface area contributed by atoms with Crippen LogP contribution in [0.3, 0.4) is 0 Å². The summed E-state index contributed by atoms with van der Waals surface area (Å²) in [6, 6.07) is 3.63. The molecule has 1 saturated carbocycles.